The van der Waals surface area contributed by atoms with E-state index in [1.54, 1.807) is 12.1 Å². The molecule has 1 aromatic rings. The summed E-state index contributed by atoms with van der Waals surface area (Å²) in [7, 11) is 1.47. The maximum Gasteiger partial charge on any atom is 0.281 e. The molecule has 5 nitrogen and oxygen atoms in total. The van der Waals surface area contributed by atoms with Crippen LogP contribution < -0.4 is 10.2 Å². The molecule has 88 valence electrons. The molecule has 0 atom stereocenters. The molecule has 16 heavy (non-hydrogen) atoms. The number of benzene rings is 1. The highest BCUT2D eigenvalue weighted by molar-refractivity contribution is 5.76. The Morgan fingerprint density at radius 1 is 1.31 bits per heavy atom. The first kappa shape index (κ1) is 12.5. The van der Waals surface area contributed by atoms with Crippen LogP contribution in [-0.4, -0.2) is 26.4 Å². The fourth-order valence-corrected chi connectivity index (χ4v) is 0.982. The minimum Gasteiger partial charge on any atom is -0.484 e. The topological polar surface area (TPSA) is 56.8 Å². The third-order valence-electron chi connectivity index (χ3n) is 1.75. The molecule has 0 aliphatic rings. The Bertz CT molecular complexity index is 323. The molecule has 1 amide bonds. The molecule has 1 N–H and O–H groups in total. The SMILES string of the molecule is COCONC(=O)COc1ccc(C)cc1. The van der Waals surface area contributed by atoms with Gasteiger partial charge in [-0.3, -0.25) is 4.79 Å². The van der Waals surface area contributed by atoms with Crippen molar-refractivity contribution < 1.29 is 19.1 Å². The molecule has 0 spiro atoms. The van der Waals surface area contributed by atoms with E-state index >= 15 is 0 Å². The van der Waals surface area contributed by atoms with Crippen LogP contribution in [0.25, 0.3) is 0 Å². The Morgan fingerprint density at radius 2 is 2.00 bits per heavy atom. The first-order valence-electron chi connectivity index (χ1n) is 4.81. The van der Waals surface area contributed by atoms with Gasteiger partial charge in [0.15, 0.2) is 13.4 Å². The van der Waals surface area contributed by atoms with E-state index in [2.05, 4.69) is 15.1 Å². The fraction of sp³-hybridized carbons (Fsp3) is 0.364. The fourth-order valence-electron chi connectivity index (χ4n) is 0.982. The lowest BCUT2D eigenvalue weighted by atomic mass is 10.2. The smallest absolute Gasteiger partial charge is 0.281 e. The monoisotopic (exact) mass is 225 g/mol. The number of hydroxylamine groups is 1. The molecule has 0 radical (unpaired) electrons. The number of aryl methyl sites for hydroxylation is 1. The number of nitrogens with one attached hydrogen (secondary N) is 1. The summed E-state index contributed by atoms with van der Waals surface area (Å²) in [6.07, 6.45) is 0. The Kier molecular flexibility index (Phi) is 5.31. The molecule has 0 aliphatic heterocycles. The van der Waals surface area contributed by atoms with Gasteiger partial charge in [-0.15, -0.1) is 0 Å². The number of methoxy groups -OCH3 is 1. The van der Waals surface area contributed by atoms with Gasteiger partial charge in [-0.1, -0.05) is 17.7 Å². The molecule has 0 saturated carbocycles. The summed E-state index contributed by atoms with van der Waals surface area (Å²) >= 11 is 0. The van der Waals surface area contributed by atoms with Gasteiger partial charge in [-0.2, -0.15) is 0 Å². The second kappa shape index (κ2) is 6.81. The molecule has 1 aromatic carbocycles. The van der Waals surface area contributed by atoms with E-state index in [4.69, 9.17) is 4.74 Å². The zero-order valence-electron chi connectivity index (χ0n) is 9.36. The van der Waals surface area contributed by atoms with Crippen LogP contribution in [0, 0.1) is 6.92 Å². The molecule has 0 aliphatic carbocycles. The summed E-state index contributed by atoms with van der Waals surface area (Å²) in [5.41, 5.74) is 3.32. The Balaban J connectivity index is 2.23. The van der Waals surface area contributed by atoms with Crippen LogP contribution in [0.5, 0.6) is 5.75 Å². The van der Waals surface area contributed by atoms with Crippen molar-refractivity contribution in [1.29, 1.82) is 0 Å². The highest BCUT2D eigenvalue weighted by Gasteiger charge is 2.01. The number of amides is 1. The van der Waals surface area contributed by atoms with E-state index in [1.807, 2.05) is 19.1 Å². The highest BCUT2D eigenvalue weighted by Crippen LogP contribution is 2.10. The van der Waals surface area contributed by atoms with Crippen molar-refractivity contribution in [3.63, 3.8) is 0 Å². The minimum atomic E-state index is -0.363. The van der Waals surface area contributed by atoms with E-state index in [1.165, 1.54) is 7.11 Å². The van der Waals surface area contributed by atoms with Crippen molar-refractivity contribution in [2.75, 3.05) is 20.5 Å². The van der Waals surface area contributed by atoms with Gasteiger partial charge in [-0.25, -0.2) is 10.3 Å². The van der Waals surface area contributed by atoms with Crippen LogP contribution in [0.1, 0.15) is 5.56 Å². The van der Waals surface area contributed by atoms with E-state index in [-0.39, 0.29) is 19.3 Å². The zero-order valence-corrected chi connectivity index (χ0v) is 9.36. The molecule has 0 saturated heterocycles. The Hall–Kier alpha value is -1.59. The molecule has 0 unspecified atom stereocenters. The lowest BCUT2D eigenvalue weighted by Crippen LogP contribution is -2.29. The molecule has 0 aromatic heterocycles. The van der Waals surface area contributed by atoms with Gasteiger partial charge >= 0.3 is 0 Å². The maximum absolute atomic E-state index is 11.1. The van der Waals surface area contributed by atoms with Gasteiger partial charge in [0.1, 0.15) is 5.75 Å². The molecular formula is C11H15NO4. The summed E-state index contributed by atoms with van der Waals surface area (Å²) in [5.74, 6) is 0.283. The number of ether oxygens (including phenoxy) is 2. The lowest BCUT2D eigenvalue weighted by molar-refractivity contribution is -0.146. The number of hydrogen-bond donors (Lipinski definition) is 1. The zero-order chi connectivity index (χ0) is 11.8. The van der Waals surface area contributed by atoms with E-state index in [9.17, 15) is 4.79 Å². The average Bonchev–Trinajstić information content (AvgIpc) is 2.29. The van der Waals surface area contributed by atoms with Gasteiger partial charge in [0.2, 0.25) is 0 Å². The van der Waals surface area contributed by atoms with E-state index in [0.717, 1.165) is 5.56 Å². The molecular weight excluding hydrogens is 210 g/mol. The quantitative estimate of drug-likeness (QED) is 0.446. The van der Waals surface area contributed by atoms with Crippen LogP contribution in [0.4, 0.5) is 0 Å². The summed E-state index contributed by atoms with van der Waals surface area (Å²) in [4.78, 5) is 15.8. The summed E-state index contributed by atoms with van der Waals surface area (Å²) in [5, 5.41) is 0. The van der Waals surface area contributed by atoms with Crippen molar-refractivity contribution in [1.82, 2.24) is 5.48 Å². The first-order valence-corrected chi connectivity index (χ1v) is 4.81. The lowest BCUT2D eigenvalue weighted by Gasteiger charge is -2.07. The summed E-state index contributed by atoms with van der Waals surface area (Å²) in [6, 6.07) is 7.43. The molecule has 0 heterocycles. The van der Waals surface area contributed by atoms with Crippen LogP contribution in [0.3, 0.4) is 0 Å². The Morgan fingerprint density at radius 3 is 2.62 bits per heavy atom. The van der Waals surface area contributed by atoms with E-state index < -0.39 is 0 Å². The van der Waals surface area contributed by atoms with Crippen molar-refractivity contribution in [3.05, 3.63) is 29.8 Å². The minimum absolute atomic E-state index is 0.0102. The molecule has 5 heteroatoms. The van der Waals surface area contributed by atoms with Gasteiger partial charge in [0, 0.05) is 7.11 Å². The van der Waals surface area contributed by atoms with Crippen molar-refractivity contribution in [2.24, 2.45) is 0 Å². The van der Waals surface area contributed by atoms with Crippen LogP contribution in [0.15, 0.2) is 24.3 Å². The number of carbonyl (C=O) groups is 1. The van der Waals surface area contributed by atoms with E-state index in [0.29, 0.717) is 5.75 Å². The molecule has 0 bridgehead atoms. The van der Waals surface area contributed by atoms with Crippen molar-refractivity contribution in [3.8, 4) is 5.75 Å². The summed E-state index contributed by atoms with van der Waals surface area (Å²) in [6.45, 7) is 1.90. The largest absolute Gasteiger partial charge is 0.484 e. The van der Waals surface area contributed by atoms with Gasteiger partial charge in [0.05, 0.1) is 0 Å². The number of hydrogen-bond acceptors (Lipinski definition) is 4. The van der Waals surface area contributed by atoms with Crippen molar-refractivity contribution >= 4 is 5.91 Å². The van der Waals surface area contributed by atoms with Gasteiger partial charge in [-0.05, 0) is 19.1 Å². The highest BCUT2D eigenvalue weighted by atomic mass is 16.8. The third kappa shape index (κ3) is 4.77. The predicted octanol–water partition coefficient (Wildman–Crippen LogP) is 1.03. The van der Waals surface area contributed by atoms with Crippen LogP contribution in [0.2, 0.25) is 0 Å². The third-order valence-corrected chi connectivity index (χ3v) is 1.75. The van der Waals surface area contributed by atoms with Crippen LogP contribution >= 0.6 is 0 Å². The van der Waals surface area contributed by atoms with Gasteiger partial charge in [0.25, 0.3) is 5.91 Å². The standard InChI is InChI=1S/C11H15NO4/c1-9-3-5-10(6-4-9)15-7-11(13)12-16-8-14-2/h3-6H,7-8H2,1-2H3,(H,12,13). The molecule has 0 fully saturated rings. The van der Waals surface area contributed by atoms with Crippen molar-refractivity contribution in [2.45, 2.75) is 6.92 Å². The Labute approximate surface area is 94.3 Å². The maximum atomic E-state index is 11.1. The second-order valence-electron chi connectivity index (χ2n) is 3.18. The normalized spacial score (nSPS) is 9.88. The first-order chi connectivity index (χ1) is 7.72. The second-order valence-corrected chi connectivity index (χ2v) is 3.18. The van der Waals surface area contributed by atoms with Crippen LogP contribution in [-0.2, 0) is 14.4 Å². The molecule has 1 rings (SSSR count). The number of carbonyl (C=O) groups excluding carboxylic acids is 1. The average molecular weight is 225 g/mol. The van der Waals surface area contributed by atoms with Gasteiger partial charge < -0.3 is 9.47 Å². The predicted molar refractivity (Wildman–Crippen MR) is 57.8 cm³/mol. The number of rotatable bonds is 6. The summed E-state index contributed by atoms with van der Waals surface area (Å²) < 4.78 is 9.81.